The van der Waals surface area contributed by atoms with Gasteiger partial charge in [-0.15, -0.1) is 0 Å². The number of rotatable bonds is 4. The van der Waals surface area contributed by atoms with Crippen LogP contribution in [-0.2, 0) is 0 Å². The Morgan fingerprint density at radius 1 is 1.50 bits per heavy atom. The molecule has 0 spiro atoms. The molecule has 1 aromatic carbocycles. The Kier molecular flexibility index (Phi) is 4.27. The Bertz CT molecular complexity index is 398. The van der Waals surface area contributed by atoms with Crippen molar-refractivity contribution in [1.82, 2.24) is 0 Å². The fourth-order valence-corrected chi connectivity index (χ4v) is 1.57. The van der Waals surface area contributed by atoms with Gasteiger partial charge in [-0.25, -0.2) is 4.39 Å². The van der Waals surface area contributed by atoms with Crippen molar-refractivity contribution in [3.8, 4) is 6.07 Å². The molecule has 0 aliphatic rings. The van der Waals surface area contributed by atoms with Gasteiger partial charge in [-0.3, -0.25) is 0 Å². The third-order valence-electron chi connectivity index (χ3n) is 2.37. The summed E-state index contributed by atoms with van der Waals surface area (Å²) in [5, 5.41) is 17.5. The second kappa shape index (κ2) is 5.47. The maximum Gasteiger partial charge on any atom is 0.143 e. The molecule has 0 radical (unpaired) electrons. The van der Waals surface area contributed by atoms with Gasteiger partial charge in [-0.05, 0) is 32.0 Å². The maximum atomic E-state index is 13.4. The molecule has 4 heteroatoms. The van der Waals surface area contributed by atoms with Gasteiger partial charge in [0, 0.05) is 18.3 Å². The Hall–Kier alpha value is -1.60. The van der Waals surface area contributed by atoms with Crippen LogP contribution >= 0.6 is 0 Å². The summed E-state index contributed by atoms with van der Waals surface area (Å²) in [5.41, 5.74) is 0.719. The molecular formula is C12H15FN2O. The van der Waals surface area contributed by atoms with E-state index < -0.39 is 5.82 Å². The SMILES string of the molecule is CC(C)N(CCO)c1ccc(C#N)c(F)c1. The van der Waals surface area contributed by atoms with Gasteiger partial charge in [0.1, 0.15) is 11.9 Å². The highest BCUT2D eigenvalue weighted by Gasteiger charge is 2.12. The van der Waals surface area contributed by atoms with E-state index >= 15 is 0 Å². The number of halogens is 1. The summed E-state index contributed by atoms with van der Waals surface area (Å²) in [5.74, 6) is -0.524. The Morgan fingerprint density at radius 2 is 2.19 bits per heavy atom. The third kappa shape index (κ3) is 2.71. The Balaban J connectivity index is 3.03. The van der Waals surface area contributed by atoms with Gasteiger partial charge in [0.15, 0.2) is 0 Å². The average Bonchev–Trinajstić information content (AvgIpc) is 2.25. The Morgan fingerprint density at radius 3 is 2.62 bits per heavy atom. The van der Waals surface area contributed by atoms with Crippen molar-refractivity contribution in [3.05, 3.63) is 29.6 Å². The number of benzene rings is 1. The van der Waals surface area contributed by atoms with Crippen LogP contribution in [0.1, 0.15) is 19.4 Å². The van der Waals surface area contributed by atoms with Crippen molar-refractivity contribution in [2.45, 2.75) is 19.9 Å². The van der Waals surface area contributed by atoms with E-state index in [-0.39, 0.29) is 18.2 Å². The topological polar surface area (TPSA) is 47.3 Å². The molecule has 0 aliphatic carbocycles. The minimum atomic E-state index is -0.524. The van der Waals surface area contributed by atoms with Crippen molar-refractivity contribution in [1.29, 1.82) is 5.26 Å². The molecule has 3 nitrogen and oxygen atoms in total. The highest BCUT2D eigenvalue weighted by molar-refractivity contribution is 5.51. The molecule has 0 bridgehead atoms. The van der Waals surface area contributed by atoms with Crippen molar-refractivity contribution >= 4 is 5.69 Å². The van der Waals surface area contributed by atoms with E-state index in [0.717, 1.165) is 0 Å². The first-order valence-corrected chi connectivity index (χ1v) is 5.17. The van der Waals surface area contributed by atoms with Crippen LogP contribution in [0.5, 0.6) is 0 Å². The fourth-order valence-electron chi connectivity index (χ4n) is 1.57. The summed E-state index contributed by atoms with van der Waals surface area (Å²) < 4.78 is 13.4. The van der Waals surface area contributed by atoms with Gasteiger partial charge in [-0.2, -0.15) is 5.26 Å². The number of aliphatic hydroxyl groups excluding tert-OH is 1. The lowest BCUT2D eigenvalue weighted by Gasteiger charge is -2.28. The van der Waals surface area contributed by atoms with Gasteiger partial charge in [0.05, 0.1) is 12.2 Å². The standard InChI is InChI=1S/C12H15FN2O/c1-9(2)15(5-6-16)11-4-3-10(8-14)12(13)7-11/h3-4,7,9,16H,5-6H2,1-2H3. The number of aliphatic hydroxyl groups is 1. The number of hydrogen-bond acceptors (Lipinski definition) is 3. The highest BCUT2D eigenvalue weighted by atomic mass is 19.1. The summed E-state index contributed by atoms with van der Waals surface area (Å²) in [6.07, 6.45) is 0. The minimum absolute atomic E-state index is 0.0137. The van der Waals surface area contributed by atoms with Gasteiger partial charge >= 0.3 is 0 Å². The van der Waals surface area contributed by atoms with Crippen molar-refractivity contribution in [2.24, 2.45) is 0 Å². The summed E-state index contributed by atoms with van der Waals surface area (Å²) >= 11 is 0. The molecule has 16 heavy (non-hydrogen) atoms. The van der Waals surface area contributed by atoms with Crippen LogP contribution in [0.15, 0.2) is 18.2 Å². The summed E-state index contributed by atoms with van der Waals surface area (Å²) in [6, 6.07) is 6.42. The zero-order valence-electron chi connectivity index (χ0n) is 9.44. The second-order valence-electron chi connectivity index (χ2n) is 3.79. The molecule has 0 saturated carbocycles. The molecule has 0 aliphatic heterocycles. The first-order valence-electron chi connectivity index (χ1n) is 5.17. The van der Waals surface area contributed by atoms with Gasteiger partial charge < -0.3 is 10.0 Å². The van der Waals surface area contributed by atoms with Crippen LogP contribution in [-0.4, -0.2) is 24.3 Å². The third-order valence-corrected chi connectivity index (χ3v) is 2.37. The maximum absolute atomic E-state index is 13.4. The van der Waals surface area contributed by atoms with Crippen molar-refractivity contribution < 1.29 is 9.50 Å². The molecule has 0 amide bonds. The zero-order chi connectivity index (χ0) is 12.1. The number of hydrogen-bond donors (Lipinski definition) is 1. The molecule has 0 fully saturated rings. The molecule has 0 unspecified atom stereocenters. The van der Waals surface area contributed by atoms with E-state index in [1.165, 1.54) is 12.1 Å². The number of nitrogens with zero attached hydrogens (tertiary/aromatic N) is 2. The first kappa shape index (κ1) is 12.5. The van der Waals surface area contributed by atoms with Crippen LogP contribution in [0.4, 0.5) is 10.1 Å². The summed E-state index contributed by atoms with van der Waals surface area (Å²) in [6.45, 7) is 4.39. The smallest absolute Gasteiger partial charge is 0.143 e. The lowest BCUT2D eigenvalue weighted by molar-refractivity contribution is 0.299. The minimum Gasteiger partial charge on any atom is -0.395 e. The predicted octanol–water partition coefficient (Wildman–Crippen LogP) is 1.90. The number of anilines is 1. The molecule has 0 heterocycles. The Labute approximate surface area is 94.7 Å². The van der Waals surface area contributed by atoms with Crippen molar-refractivity contribution in [3.63, 3.8) is 0 Å². The van der Waals surface area contributed by atoms with Crippen LogP contribution in [0.25, 0.3) is 0 Å². The molecule has 1 aromatic rings. The van der Waals surface area contributed by atoms with Gasteiger partial charge in [0.25, 0.3) is 0 Å². The molecule has 0 saturated heterocycles. The molecule has 1 N–H and O–H groups in total. The zero-order valence-corrected chi connectivity index (χ0v) is 9.44. The first-order chi connectivity index (χ1) is 7.60. The van der Waals surface area contributed by atoms with E-state index in [0.29, 0.717) is 12.2 Å². The van der Waals surface area contributed by atoms with Crippen molar-refractivity contribution in [2.75, 3.05) is 18.1 Å². The quantitative estimate of drug-likeness (QED) is 0.846. The normalized spacial score (nSPS) is 10.2. The molecular weight excluding hydrogens is 207 g/mol. The van der Waals surface area contributed by atoms with Crippen LogP contribution in [0.2, 0.25) is 0 Å². The lowest BCUT2D eigenvalue weighted by Crippen LogP contribution is -2.33. The second-order valence-corrected chi connectivity index (χ2v) is 3.79. The monoisotopic (exact) mass is 222 g/mol. The van der Waals surface area contributed by atoms with Gasteiger partial charge in [-0.1, -0.05) is 0 Å². The molecule has 0 atom stereocenters. The molecule has 1 rings (SSSR count). The largest absolute Gasteiger partial charge is 0.395 e. The number of nitriles is 1. The van der Waals surface area contributed by atoms with E-state index in [1.807, 2.05) is 18.7 Å². The van der Waals surface area contributed by atoms with Gasteiger partial charge in [0.2, 0.25) is 0 Å². The lowest BCUT2D eigenvalue weighted by atomic mass is 10.1. The van der Waals surface area contributed by atoms with E-state index in [9.17, 15) is 4.39 Å². The van der Waals surface area contributed by atoms with Crippen LogP contribution < -0.4 is 4.90 Å². The average molecular weight is 222 g/mol. The van der Waals surface area contributed by atoms with E-state index in [4.69, 9.17) is 10.4 Å². The van der Waals surface area contributed by atoms with Crippen LogP contribution in [0, 0.1) is 17.1 Å². The van der Waals surface area contributed by atoms with E-state index in [1.54, 1.807) is 12.1 Å². The summed E-state index contributed by atoms with van der Waals surface area (Å²) in [7, 11) is 0. The fraction of sp³-hybridized carbons (Fsp3) is 0.417. The molecule has 0 aromatic heterocycles. The highest BCUT2D eigenvalue weighted by Crippen LogP contribution is 2.20. The summed E-state index contributed by atoms with van der Waals surface area (Å²) in [4.78, 5) is 1.88. The predicted molar refractivity (Wildman–Crippen MR) is 60.7 cm³/mol. The molecule has 86 valence electrons. The van der Waals surface area contributed by atoms with Crippen LogP contribution in [0.3, 0.4) is 0 Å². The van der Waals surface area contributed by atoms with E-state index in [2.05, 4.69) is 0 Å².